The minimum atomic E-state index is -0.319. The van der Waals surface area contributed by atoms with Crippen LogP contribution in [0.3, 0.4) is 0 Å². The molecule has 7 nitrogen and oxygen atoms in total. The molecule has 2 heterocycles. The lowest BCUT2D eigenvalue weighted by atomic mass is 10.1. The zero-order chi connectivity index (χ0) is 18.4. The van der Waals surface area contributed by atoms with E-state index in [1.54, 1.807) is 16.9 Å². The molecule has 2 aromatic heterocycles. The second kappa shape index (κ2) is 8.33. The van der Waals surface area contributed by atoms with E-state index in [0.29, 0.717) is 11.6 Å². The first kappa shape index (κ1) is 17.7. The van der Waals surface area contributed by atoms with Crippen molar-refractivity contribution >= 4 is 11.8 Å². The summed E-state index contributed by atoms with van der Waals surface area (Å²) in [6.45, 7) is 4.40. The zero-order valence-corrected chi connectivity index (χ0v) is 15.0. The highest BCUT2D eigenvalue weighted by atomic mass is 16.5. The Kier molecular flexibility index (Phi) is 5.68. The summed E-state index contributed by atoms with van der Waals surface area (Å²) in [6, 6.07) is 13.3. The Hall–Kier alpha value is -3.09. The third kappa shape index (κ3) is 4.30. The van der Waals surface area contributed by atoms with Crippen molar-refractivity contribution in [3.63, 3.8) is 0 Å². The lowest BCUT2D eigenvalue weighted by Crippen LogP contribution is -2.29. The van der Waals surface area contributed by atoms with Crippen LogP contribution in [0.15, 0.2) is 53.2 Å². The van der Waals surface area contributed by atoms with Gasteiger partial charge in [-0.05, 0) is 18.9 Å². The number of aromatic nitrogens is 3. The average Bonchev–Trinajstić information content (AvgIpc) is 3.30. The van der Waals surface area contributed by atoms with E-state index in [-0.39, 0.29) is 18.6 Å². The van der Waals surface area contributed by atoms with Crippen LogP contribution < -0.4 is 10.6 Å². The van der Waals surface area contributed by atoms with Crippen LogP contribution in [-0.2, 0) is 13.0 Å². The second-order valence-electron chi connectivity index (χ2n) is 6.09. The lowest BCUT2D eigenvalue weighted by Gasteiger charge is -2.16. The molecule has 0 aliphatic carbocycles. The molecule has 136 valence electrons. The Labute approximate surface area is 152 Å². The van der Waals surface area contributed by atoms with Gasteiger partial charge in [-0.15, -0.1) is 0 Å². The smallest absolute Gasteiger partial charge is 0.320 e. The molecule has 0 aliphatic heterocycles. The molecule has 0 bridgehead atoms. The van der Waals surface area contributed by atoms with E-state index in [1.807, 2.05) is 43.3 Å². The van der Waals surface area contributed by atoms with Gasteiger partial charge in [-0.25, -0.2) is 9.48 Å². The van der Waals surface area contributed by atoms with E-state index in [2.05, 4.69) is 27.8 Å². The molecule has 0 saturated heterocycles. The second-order valence-corrected chi connectivity index (χ2v) is 6.09. The highest BCUT2D eigenvalue weighted by Crippen LogP contribution is 2.21. The summed E-state index contributed by atoms with van der Waals surface area (Å²) in [5, 5.41) is 13.9. The minimum absolute atomic E-state index is 0.00683. The SMILES string of the molecule is CCCc1cc(CNC(=O)Nc2ccnn2[C@@H](C)c2ccccc2)on1. The van der Waals surface area contributed by atoms with E-state index >= 15 is 0 Å². The van der Waals surface area contributed by atoms with Crippen molar-refractivity contribution in [2.45, 2.75) is 39.3 Å². The maximum absolute atomic E-state index is 12.2. The molecule has 0 saturated carbocycles. The van der Waals surface area contributed by atoms with Crippen LogP contribution >= 0.6 is 0 Å². The molecule has 7 heteroatoms. The Morgan fingerprint density at radius 1 is 1.27 bits per heavy atom. The standard InChI is InChI=1S/C19H23N5O2/c1-3-7-16-12-17(26-23-16)13-20-19(25)22-18-10-11-21-24(18)14(2)15-8-5-4-6-9-15/h4-6,8-12,14H,3,7,13H2,1-2H3,(H2,20,22,25)/t14-/m0/s1. The Balaban J connectivity index is 1.59. The number of amides is 2. The largest absolute Gasteiger partial charge is 0.359 e. The van der Waals surface area contributed by atoms with Crippen LogP contribution in [-0.4, -0.2) is 21.0 Å². The molecule has 0 aliphatic rings. The predicted octanol–water partition coefficient (Wildman–Crippen LogP) is 3.75. The van der Waals surface area contributed by atoms with Gasteiger partial charge in [0.1, 0.15) is 5.82 Å². The first-order chi connectivity index (χ1) is 12.7. The fourth-order valence-electron chi connectivity index (χ4n) is 2.74. The molecule has 2 amide bonds. The van der Waals surface area contributed by atoms with Gasteiger partial charge in [-0.1, -0.05) is 48.8 Å². The number of carbonyl (C=O) groups is 1. The van der Waals surface area contributed by atoms with Crippen LogP contribution in [0.2, 0.25) is 0 Å². The zero-order valence-electron chi connectivity index (χ0n) is 15.0. The van der Waals surface area contributed by atoms with E-state index in [9.17, 15) is 4.79 Å². The van der Waals surface area contributed by atoms with E-state index in [0.717, 1.165) is 24.1 Å². The Morgan fingerprint density at radius 2 is 2.08 bits per heavy atom. The number of anilines is 1. The van der Waals surface area contributed by atoms with E-state index < -0.39 is 0 Å². The number of hydrogen-bond acceptors (Lipinski definition) is 4. The molecule has 1 aromatic carbocycles. The number of carbonyl (C=O) groups excluding carboxylic acids is 1. The van der Waals surface area contributed by atoms with Crippen molar-refractivity contribution in [3.05, 3.63) is 65.7 Å². The first-order valence-corrected chi connectivity index (χ1v) is 8.75. The summed E-state index contributed by atoms with van der Waals surface area (Å²) >= 11 is 0. The summed E-state index contributed by atoms with van der Waals surface area (Å²) in [4.78, 5) is 12.2. The van der Waals surface area contributed by atoms with E-state index in [1.165, 1.54) is 0 Å². The molecular weight excluding hydrogens is 330 g/mol. The van der Waals surface area contributed by atoms with Crippen molar-refractivity contribution in [1.29, 1.82) is 0 Å². The maximum Gasteiger partial charge on any atom is 0.320 e. The number of hydrogen-bond donors (Lipinski definition) is 2. The third-order valence-corrected chi connectivity index (χ3v) is 4.10. The molecule has 0 radical (unpaired) electrons. The summed E-state index contributed by atoms with van der Waals surface area (Å²) < 4.78 is 6.99. The molecule has 0 fully saturated rings. The highest BCUT2D eigenvalue weighted by molar-refractivity contribution is 5.88. The number of nitrogens with one attached hydrogen (secondary N) is 2. The quantitative estimate of drug-likeness (QED) is 0.677. The van der Waals surface area contributed by atoms with Crippen molar-refractivity contribution in [3.8, 4) is 0 Å². The average molecular weight is 353 g/mol. The molecule has 26 heavy (non-hydrogen) atoms. The van der Waals surface area contributed by atoms with Crippen LogP contribution in [0.1, 0.15) is 43.3 Å². The summed E-state index contributed by atoms with van der Waals surface area (Å²) in [6.07, 6.45) is 3.54. The lowest BCUT2D eigenvalue weighted by molar-refractivity contribution is 0.249. The number of nitrogens with zero attached hydrogens (tertiary/aromatic N) is 3. The molecule has 0 unspecified atom stereocenters. The van der Waals surface area contributed by atoms with Gasteiger partial charge in [-0.2, -0.15) is 5.10 Å². The summed E-state index contributed by atoms with van der Waals surface area (Å²) in [7, 11) is 0. The molecule has 3 rings (SSSR count). The van der Waals surface area contributed by atoms with Gasteiger partial charge in [0.15, 0.2) is 5.76 Å². The van der Waals surface area contributed by atoms with Crippen molar-refractivity contribution in [2.75, 3.05) is 5.32 Å². The van der Waals surface area contributed by atoms with Crippen LogP contribution in [0.4, 0.5) is 10.6 Å². The topological polar surface area (TPSA) is 85.0 Å². The molecule has 1 atom stereocenters. The number of aryl methyl sites for hydroxylation is 1. The van der Waals surface area contributed by atoms with Crippen molar-refractivity contribution in [2.24, 2.45) is 0 Å². The summed E-state index contributed by atoms with van der Waals surface area (Å²) in [5.41, 5.74) is 2.02. The van der Waals surface area contributed by atoms with Crippen LogP contribution in [0.5, 0.6) is 0 Å². The van der Waals surface area contributed by atoms with Crippen LogP contribution in [0, 0.1) is 0 Å². The summed E-state index contributed by atoms with van der Waals surface area (Å²) in [5.74, 6) is 1.26. The molecule has 0 spiro atoms. The van der Waals surface area contributed by atoms with Gasteiger partial charge in [-0.3, -0.25) is 5.32 Å². The van der Waals surface area contributed by atoms with Gasteiger partial charge in [0.2, 0.25) is 0 Å². The van der Waals surface area contributed by atoms with Crippen molar-refractivity contribution < 1.29 is 9.32 Å². The number of urea groups is 1. The molecule has 2 N–H and O–H groups in total. The van der Waals surface area contributed by atoms with Gasteiger partial charge < -0.3 is 9.84 Å². The number of rotatable bonds is 7. The fraction of sp³-hybridized carbons (Fsp3) is 0.316. The molecular formula is C19H23N5O2. The predicted molar refractivity (Wildman–Crippen MR) is 98.8 cm³/mol. The van der Waals surface area contributed by atoms with Crippen LogP contribution in [0.25, 0.3) is 0 Å². The number of benzene rings is 1. The van der Waals surface area contributed by atoms with Gasteiger partial charge in [0.25, 0.3) is 0 Å². The minimum Gasteiger partial charge on any atom is -0.359 e. The Morgan fingerprint density at radius 3 is 2.85 bits per heavy atom. The highest BCUT2D eigenvalue weighted by Gasteiger charge is 2.14. The van der Waals surface area contributed by atoms with E-state index in [4.69, 9.17) is 4.52 Å². The van der Waals surface area contributed by atoms with Gasteiger partial charge in [0.05, 0.1) is 24.5 Å². The molecule has 3 aromatic rings. The Bertz CT molecular complexity index is 841. The maximum atomic E-state index is 12.2. The fourth-order valence-corrected chi connectivity index (χ4v) is 2.74. The normalized spacial score (nSPS) is 11.9. The van der Waals surface area contributed by atoms with Gasteiger partial charge >= 0.3 is 6.03 Å². The monoisotopic (exact) mass is 353 g/mol. The van der Waals surface area contributed by atoms with Crippen molar-refractivity contribution in [1.82, 2.24) is 20.3 Å². The third-order valence-electron chi connectivity index (χ3n) is 4.10. The first-order valence-electron chi connectivity index (χ1n) is 8.75. The van der Waals surface area contributed by atoms with Gasteiger partial charge in [0, 0.05) is 12.1 Å².